The van der Waals surface area contributed by atoms with Gasteiger partial charge in [-0.1, -0.05) is 24.3 Å². The van der Waals surface area contributed by atoms with Gasteiger partial charge >= 0.3 is 0 Å². The van der Waals surface area contributed by atoms with Crippen LogP contribution >= 0.6 is 0 Å². The summed E-state index contributed by atoms with van der Waals surface area (Å²) in [4.78, 5) is 26.6. The minimum Gasteiger partial charge on any atom is -0.328 e. The van der Waals surface area contributed by atoms with Gasteiger partial charge in [0.05, 0.1) is 0 Å². The Bertz CT molecular complexity index is 786. The fourth-order valence-corrected chi connectivity index (χ4v) is 3.02. The van der Waals surface area contributed by atoms with E-state index < -0.39 is 0 Å². The average Bonchev–Trinajstić information content (AvgIpc) is 3.03. The number of fused-ring (bicyclic) bond motifs is 1. The second-order valence-electron chi connectivity index (χ2n) is 6.48. The van der Waals surface area contributed by atoms with Crippen molar-refractivity contribution >= 4 is 23.2 Å². The number of hydrogen-bond acceptors (Lipinski definition) is 3. The fraction of sp³-hybridized carbons (Fsp3) is 0.300. The highest BCUT2D eigenvalue weighted by atomic mass is 16.2. The fourth-order valence-electron chi connectivity index (χ4n) is 3.02. The topological polar surface area (TPSA) is 75.4 Å². The third-order valence-corrected chi connectivity index (χ3v) is 4.35. The van der Waals surface area contributed by atoms with Gasteiger partial charge < -0.3 is 16.0 Å². The zero-order valence-electron chi connectivity index (χ0n) is 14.4. The number of carbonyl (C=O) groups excluding carboxylic acids is 2. The summed E-state index contributed by atoms with van der Waals surface area (Å²) < 4.78 is 0. The van der Waals surface area contributed by atoms with Gasteiger partial charge in [-0.3, -0.25) is 9.59 Å². The Hall–Kier alpha value is -2.66. The van der Waals surface area contributed by atoms with Gasteiger partial charge in [-0.05, 0) is 49.6 Å². The van der Waals surface area contributed by atoms with E-state index in [1.165, 1.54) is 5.56 Å². The maximum atomic E-state index is 12.9. The molecule has 25 heavy (non-hydrogen) atoms. The van der Waals surface area contributed by atoms with Gasteiger partial charge in [-0.2, -0.15) is 0 Å². The highest BCUT2D eigenvalue weighted by Crippen LogP contribution is 2.29. The van der Waals surface area contributed by atoms with E-state index in [9.17, 15) is 9.59 Å². The lowest BCUT2D eigenvalue weighted by molar-refractivity contribution is -0.116. The second-order valence-corrected chi connectivity index (χ2v) is 6.48. The second kappa shape index (κ2) is 7.49. The molecule has 0 aromatic heterocycles. The molecule has 3 rings (SSSR count). The Kier molecular flexibility index (Phi) is 5.14. The van der Waals surface area contributed by atoms with Crippen LogP contribution in [0.3, 0.4) is 0 Å². The minimum atomic E-state index is -0.0894. The number of carbonyl (C=O) groups is 2. The smallest absolute Gasteiger partial charge is 0.258 e. The number of nitrogens with one attached hydrogen (secondary N) is 1. The molecule has 0 radical (unpaired) electrons. The van der Waals surface area contributed by atoms with Crippen molar-refractivity contribution in [2.45, 2.75) is 32.2 Å². The van der Waals surface area contributed by atoms with Gasteiger partial charge in [0, 0.05) is 35.9 Å². The van der Waals surface area contributed by atoms with Crippen molar-refractivity contribution in [2.24, 2.45) is 5.73 Å². The quantitative estimate of drug-likeness (QED) is 0.881. The monoisotopic (exact) mass is 337 g/mol. The molecule has 2 amide bonds. The molecule has 2 aromatic rings. The number of rotatable bonds is 5. The van der Waals surface area contributed by atoms with E-state index in [0.29, 0.717) is 30.6 Å². The van der Waals surface area contributed by atoms with Crippen molar-refractivity contribution in [2.75, 3.05) is 16.8 Å². The summed E-state index contributed by atoms with van der Waals surface area (Å²) in [5.41, 5.74) is 9.04. The van der Waals surface area contributed by atoms with Crippen LogP contribution in [0.15, 0.2) is 48.5 Å². The van der Waals surface area contributed by atoms with Crippen LogP contribution in [-0.4, -0.2) is 24.4 Å². The Morgan fingerprint density at radius 1 is 1.20 bits per heavy atom. The maximum absolute atomic E-state index is 12.9. The molecule has 1 unspecified atom stereocenters. The molecule has 0 aliphatic carbocycles. The van der Waals surface area contributed by atoms with E-state index >= 15 is 0 Å². The molecule has 1 aliphatic heterocycles. The van der Waals surface area contributed by atoms with E-state index in [1.54, 1.807) is 29.2 Å². The zero-order valence-corrected chi connectivity index (χ0v) is 14.4. The Balaban J connectivity index is 1.71. The molecule has 2 aromatic carbocycles. The molecule has 0 spiro atoms. The molecule has 1 heterocycles. The minimum absolute atomic E-state index is 0.00565. The number of hydrogen-bond donors (Lipinski definition) is 2. The molecule has 0 bridgehead atoms. The Morgan fingerprint density at radius 3 is 2.80 bits per heavy atom. The summed E-state index contributed by atoms with van der Waals surface area (Å²) in [5, 5.41) is 2.84. The number of para-hydroxylation sites is 1. The first kappa shape index (κ1) is 17.2. The van der Waals surface area contributed by atoms with Crippen LogP contribution < -0.4 is 16.0 Å². The SMILES string of the molecule is CC(N)CCC(=O)Nc1cccc(C(=O)N2CCc3ccccc32)c1. The van der Waals surface area contributed by atoms with Gasteiger partial charge in [0.15, 0.2) is 0 Å². The predicted octanol–water partition coefficient (Wildman–Crippen LogP) is 2.96. The lowest BCUT2D eigenvalue weighted by Gasteiger charge is -2.18. The lowest BCUT2D eigenvalue weighted by Crippen LogP contribution is -2.29. The van der Waals surface area contributed by atoms with Gasteiger partial charge in [0.25, 0.3) is 5.91 Å². The highest BCUT2D eigenvalue weighted by molar-refractivity contribution is 6.08. The molecule has 5 heteroatoms. The van der Waals surface area contributed by atoms with Crippen LogP contribution in [0.2, 0.25) is 0 Å². The molecule has 5 nitrogen and oxygen atoms in total. The summed E-state index contributed by atoms with van der Waals surface area (Å²) >= 11 is 0. The summed E-state index contributed by atoms with van der Waals surface area (Å²) in [6.07, 6.45) is 1.87. The van der Waals surface area contributed by atoms with E-state index in [1.807, 2.05) is 25.1 Å². The third kappa shape index (κ3) is 4.06. The number of amides is 2. The molecule has 0 fully saturated rings. The van der Waals surface area contributed by atoms with E-state index in [0.717, 1.165) is 12.1 Å². The van der Waals surface area contributed by atoms with Crippen molar-refractivity contribution in [1.29, 1.82) is 0 Å². The van der Waals surface area contributed by atoms with Crippen LogP contribution in [0.1, 0.15) is 35.7 Å². The average molecular weight is 337 g/mol. The largest absolute Gasteiger partial charge is 0.328 e. The molecule has 1 atom stereocenters. The van der Waals surface area contributed by atoms with Gasteiger partial charge in [0.2, 0.25) is 5.91 Å². The van der Waals surface area contributed by atoms with Crippen LogP contribution in [0, 0.1) is 0 Å². The molecule has 0 saturated heterocycles. The van der Waals surface area contributed by atoms with Crippen molar-refractivity contribution in [3.05, 3.63) is 59.7 Å². The van der Waals surface area contributed by atoms with E-state index in [-0.39, 0.29) is 17.9 Å². The van der Waals surface area contributed by atoms with Gasteiger partial charge in [-0.15, -0.1) is 0 Å². The van der Waals surface area contributed by atoms with Crippen molar-refractivity contribution in [3.63, 3.8) is 0 Å². The van der Waals surface area contributed by atoms with Gasteiger partial charge in [-0.25, -0.2) is 0 Å². The summed E-state index contributed by atoms with van der Waals surface area (Å²) in [6, 6.07) is 15.0. The number of benzene rings is 2. The molecule has 130 valence electrons. The Morgan fingerprint density at radius 2 is 2.00 bits per heavy atom. The lowest BCUT2D eigenvalue weighted by atomic mass is 10.1. The standard InChI is InChI=1S/C20H23N3O2/c1-14(21)9-10-19(24)22-17-7-4-6-16(13-17)20(25)23-12-11-15-5-2-3-8-18(15)23/h2-8,13-14H,9-12,21H2,1H3,(H,22,24). The van der Waals surface area contributed by atoms with Crippen molar-refractivity contribution < 1.29 is 9.59 Å². The number of nitrogens with two attached hydrogens (primary N) is 1. The first-order chi connectivity index (χ1) is 12.0. The number of anilines is 2. The van der Waals surface area contributed by atoms with Crippen LogP contribution in [0.4, 0.5) is 11.4 Å². The van der Waals surface area contributed by atoms with Crippen molar-refractivity contribution in [1.82, 2.24) is 0 Å². The number of nitrogens with zero attached hydrogens (tertiary/aromatic N) is 1. The summed E-state index contributed by atoms with van der Waals surface area (Å²) in [5.74, 6) is -0.134. The summed E-state index contributed by atoms with van der Waals surface area (Å²) in [7, 11) is 0. The van der Waals surface area contributed by atoms with Crippen LogP contribution in [-0.2, 0) is 11.2 Å². The first-order valence-corrected chi connectivity index (χ1v) is 8.60. The maximum Gasteiger partial charge on any atom is 0.258 e. The van der Waals surface area contributed by atoms with Crippen LogP contribution in [0.25, 0.3) is 0 Å². The molecular formula is C20H23N3O2. The van der Waals surface area contributed by atoms with Crippen molar-refractivity contribution in [3.8, 4) is 0 Å². The van der Waals surface area contributed by atoms with Crippen LogP contribution in [0.5, 0.6) is 0 Å². The predicted molar refractivity (Wildman–Crippen MR) is 99.8 cm³/mol. The third-order valence-electron chi connectivity index (χ3n) is 4.35. The summed E-state index contributed by atoms with van der Waals surface area (Å²) in [6.45, 7) is 2.56. The molecular weight excluding hydrogens is 314 g/mol. The van der Waals surface area contributed by atoms with E-state index in [2.05, 4.69) is 11.4 Å². The molecule has 1 aliphatic rings. The first-order valence-electron chi connectivity index (χ1n) is 8.60. The highest BCUT2D eigenvalue weighted by Gasteiger charge is 2.25. The van der Waals surface area contributed by atoms with Gasteiger partial charge in [0.1, 0.15) is 0 Å². The Labute approximate surface area is 147 Å². The van der Waals surface area contributed by atoms with E-state index in [4.69, 9.17) is 5.73 Å². The normalized spacial score (nSPS) is 14.1. The zero-order chi connectivity index (χ0) is 17.8. The molecule has 3 N–H and O–H groups in total. The molecule has 0 saturated carbocycles.